The van der Waals surface area contributed by atoms with Gasteiger partial charge in [0.2, 0.25) is 5.91 Å². The lowest BCUT2D eigenvalue weighted by atomic mass is 10.1. The number of likely N-dealkylation sites (tertiary alicyclic amines) is 1. The average Bonchev–Trinajstić information content (AvgIpc) is 3.23. The lowest BCUT2D eigenvalue weighted by Crippen LogP contribution is -2.31. The molecule has 2 amide bonds. The maximum absolute atomic E-state index is 12.6. The average molecular weight is 329 g/mol. The van der Waals surface area contributed by atoms with E-state index in [1.54, 1.807) is 0 Å². The van der Waals surface area contributed by atoms with Gasteiger partial charge in [0.05, 0.1) is 29.5 Å². The van der Waals surface area contributed by atoms with Crippen LogP contribution in [-0.2, 0) is 11.3 Å². The van der Waals surface area contributed by atoms with Gasteiger partial charge < -0.3 is 10.2 Å². The van der Waals surface area contributed by atoms with E-state index in [1.807, 2.05) is 39.9 Å². The fourth-order valence-electron chi connectivity index (χ4n) is 2.87. The number of rotatable bonds is 4. The number of thiophene rings is 1. The van der Waals surface area contributed by atoms with Crippen molar-refractivity contribution < 1.29 is 9.59 Å². The molecule has 23 heavy (non-hydrogen) atoms. The van der Waals surface area contributed by atoms with Crippen molar-refractivity contribution >= 4 is 23.2 Å². The number of carbonyl (C=O) groups is 2. The number of carbonyl (C=O) groups excluding carboxylic acids is 2. The molecule has 2 aromatic rings. The Bertz CT molecular complexity index is 700. The Morgan fingerprint density at radius 2 is 2.26 bits per heavy atom. The normalized spacial score (nSPS) is 17.3. The molecule has 1 aliphatic rings. The number of aromatic nitrogens is 1. The van der Waals surface area contributed by atoms with Crippen molar-refractivity contribution in [2.45, 2.75) is 32.4 Å². The molecule has 0 aromatic carbocycles. The second kappa shape index (κ2) is 6.91. The van der Waals surface area contributed by atoms with Crippen molar-refractivity contribution in [3.63, 3.8) is 0 Å². The maximum atomic E-state index is 12.6. The maximum Gasteiger partial charge on any atom is 0.255 e. The minimum absolute atomic E-state index is 0.0136. The summed E-state index contributed by atoms with van der Waals surface area (Å²) in [5, 5.41) is 6.56. The van der Waals surface area contributed by atoms with Crippen molar-refractivity contribution in [3.05, 3.63) is 52.0 Å². The first kappa shape index (κ1) is 15.7. The Labute approximate surface area is 139 Å². The van der Waals surface area contributed by atoms with E-state index in [-0.39, 0.29) is 17.9 Å². The zero-order valence-electron chi connectivity index (χ0n) is 13.0. The Morgan fingerprint density at radius 1 is 1.39 bits per heavy atom. The van der Waals surface area contributed by atoms with Gasteiger partial charge in [-0.05, 0) is 36.4 Å². The molecular formula is C17H19N3O2S. The van der Waals surface area contributed by atoms with Gasteiger partial charge in [0.25, 0.3) is 5.91 Å². The molecule has 0 spiro atoms. The summed E-state index contributed by atoms with van der Waals surface area (Å²) >= 11 is 1.53. The summed E-state index contributed by atoms with van der Waals surface area (Å²) in [6, 6.07) is 7.66. The van der Waals surface area contributed by atoms with E-state index in [0.29, 0.717) is 6.54 Å². The molecular weight excluding hydrogens is 310 g/mol. The predicted octanol–water partition coefficient (Wildman–Crippen LogP) is 2.76. The third-order valence-corrected chi connectivity index (χ3v) is 4.65. The zero-order valence-corrected chi connectivity index (χ0v) is 13.8. The zero-order chi connectivity index (χ0) is 16.2. The fraction of sp³-hybridized carbons (Fsp3) is 0.353. The van der Waals surface area contributed by atoms with Crippen LogP contribution in [0.5, 0.6) is 0 Å². The van der Waals surface area contributed by atoms with Crippen LogP contribution < -0.4 is 5.32 Å². The van der Waals surface area contributed by atoms with Crippen LogP contribution in [0.15, 0.2) is 35.0 Å². The monoisotopic (exact) mass is 329 g/mol. The molecule has 0 unspecified atom stereocenters. The van der Waals surface area contributed by atoms with Crippen LogP contribution in [0.25, 0.3) is 0 Å². The quantitative estimate of drug-likeness (QED) is 0.938. The van der Waals surface area contributed by atoms with Crippen molar-refractivity contribution in [1.29, 1.82) is 0 Å². The van der Waals surface area contributed by atoms with Crippen LogP contribution in [-0.4, -0.2) is 28.2 Å². The molecule has 1 atom stereocenters. The number of hydrogen-bond acceptors (Lipinski definition) is 4. The summed E-state index contributed by atoms with van der Waals surface area (Å²) in [7, 11) is 0. The third kappa shape index (κ3) is 3.59. The number of nitrogens with zero attached hydrogens (tertiary/aromatic N) is 2. The SMILES string of the molecule is CC(=O)NCc1cccc([C@@H]2CCCN2C(=O)c2ccsc2)n1. The summed E-state index contributed by atoms with van der Waals surface area (Å²) in [6.07, 6.45) is 1.91. The Hall–Kier alpha value is -2.21. The molecule has 0 saturated carbocycles. The molecule has 0 aliphatic carbocycles. The van der Waals surface area contributed by atoms with Gasteiger partial charge in [-0.25, -0.2) is 0 Å². The van der Waals surface area contributed by atoms with E-state index in [4.69, 9.17) is 0 Å². The van der Waals surface area contributed by atoms with Gasteiger partial charge in [0, 0.05) is 18.8 Å². The summed E-state index contributed by atoms with van der Waals surface area (Å²) in [5.41, 5.74) is 2.46. The van der Waals surface area contributed by atoms with E-state index in [9.17, 15) is 9.59 Å². The molecule has 3 rings (SSSR count). The standard InChI is InChI=1S/C17H19N3O2S/c1-12(21)18-10-14-4-2-5-15(19-14)16-6-3-8-20(16)17(22)13-7-9-23-11-13/h2,4-5,7,9,11,16H,3,6,8,10H2,1H3,(H,18,21)/t16-/m0/s1. The summed E-state index contributed by atoms with van der Waals surface area (Å²) in [4.78, 5) is 30.2. The molecule has 6 heteroatoms. The largest absolute Gasteiger partial charge is 0.351 e. The van der Waals surface area contributed by atoms with Crippen LogP contribution in [0.4, 0.5) is 0 Å². The molecule has 0 radical (unpaired) electrons. The van der Waals surface area contributed by atoms with Gasteiger partial charge >= 0.3 is 0 Å². The molecule has 0 bridgehead atoms. The van der Waals surface area contributed by atoms with Crippen LogP contribution in [0.3, 0.4) is 0 Å². The first-order valence-corrected chi connectivity index (χ1v) is 8.63. The van der Waals surface area contributed by atoms with Crippen molar-refractivity contribution in [2.24, 2.45) is 0 Å². The van der Waals surface area contributed by atoms with E-state index in [2.05, 4.69) is 10.3 Å². The van der Waals surface area contributed by atoms with Gasteiger partial charge in [-0.1, -0.05) is 6.07 Å². The van der Waals surface area contributed by atoms with Gasteiger partial charge in [-0.3, -0.25) is 14.6 Å². The number of nitrogens with one attached hydrogen (secondary N) is 1. The number of hydrogen-bond donors (Lipinski definition) is 1. The van der Waals surface area contributed by atoms with Crippen LogP contribution in [0.2, 0.25) is 0 Å². The van der Waals surface area contributed by atoms with E-state index in [0.717, 1.165) is 36.3 Å². The predicted molar refractivity (Wildman–Crippen MR) is 89.1 cm³/mol. The third-order valence-electron chi connectivity index (χ3n) is 3.97. The van der Waals surface area contributed by atoms with Gasteiger partial charge in [0.15, 0.2) is 0 Å². The van der Waals surface area contributed by atoms with Crippen LogP contribution in [0, 0.1) is 0 Å². The van der Waals surface area contributed by atoms with Gasteiger partial charge in [0.1, 0.15) is 0 Å². The van der Waals surface area contributed by atoms with Gasteiger partial charge in [-0.15, -0.1) is 0 Å². The van der Waals surface area contributed by atoms with Crippen LogP contribution in [0.1, 0.15) is 47.6 Å². The van der Waals surface area contributed by atoms with E-state index in [1.165, 1.54) is 18.3 Å². The minimum atomic E-state index is -0.0765. The van der Waals surface area contributed by atoms with Crippen molar-refractivity contribution in [2.75, 3.05) is 6.54 Å². The second-order valence-corrected chi connectivity index (χ2v) is 6.41. The lowest BCUT2D eigenvalue weighted by molar-refractivity contribution is -0.119. The van der Waals surface area contributed by atoms with Crippen LogP contribution >= 0.6 is 11.3 Å². The second-order valence-electron chi connectivity index (χ2n) is 5.63. The summed E-state index contributed by atoms with van der Waals surface area (Å²) in [6.45, 7) is 2.66. The lowest BCUT2D eigenvalue weighted by Gasteiger charge is -2.24. The highest BCUT2D eigenvalue weighted by molar-refractivity contribution is 7.08. The first-order chi connectivity index (χ1) is 11.1. The number of pyridine rings is 1. The fourth-order valence-corrected chi connectivity index (χ4v) is 3.50. The van der Waals surface area contributed by atoms with E-state index >= 15 is 0 Å². The Balaban J connectivity index is 1.78. The van der Waals surface area contributed by atoms with Crippen molar-refractivity contribution in [1.82, 2.24) is 15.2 Å². The molecule has 5 nitrogen and oxygen atoms in total. The number of amides is 2. The highest BCUT2D eigenvalue weighted by Crippen LogP contribution is 2.32. The Kier molecular flexibility index (Phi) is 4.71. The molecule has 1 aliphatic heterocycles. The minimum Gasteiger partial charge on any atom is -0.351 e. The molecule has 120 valence electrons. The smallest absolute Gasteiger partial charge is 0.255 e. The van der Waals surface area contributed by atoms with Gasteiger partial charge in [-0.2, -0.15) is 11.3 Å². The molecule has 1 N–H and O–H groups in total. The topological polar surface area (TPSA) is 62.3 Å². The highest BCUT2D eigenvalue weighted by Gasteiger charge is 2.31. The molecule has 3 heterocycles. The summed E-state index contributed by atoms with van der Waals surface area (Å²) < 4.78 is 0. The molecule has 1 saturated heterocycles. The highest BCUT2D eigenvalue weighted by atomic mass is 32.1. The molecule has 1 fully saturated rings. The Morgan fingerprint density at radius 3 is 3.00 bits per heavy atom. The molecule has 2 aromatic heterocycles. The first-order valence-electron chi connectivity index (χ1n) is 7.68. The van der Waals surface area contributed by atoms with Crippen molar-refractivity contribution in [3.8, 4) is 0 Å². The van der Waals surface area contributed by atoms with E-state index < -0.39 is 0 Å². The summed E-state index contributed by atoms with van der Waals surface area (Å²) in [5.74, 6) is -0.00449.